The summed E-state index contributed by atoms with van der Waals surface area (Å²) in [7, 11) is -2.37. The van der Waals surface area contributed by atoms with Crippen molar-refractivity contribution >= 4 is 67.3 Å². The second-order valence-corrected chi connectivity index (χ2v) is 11.6. The highest BCUT2D eigenvalue weighted by Gasteiger charge is 2.31. The van der Waals surface area contributed by atoms with E-state index in [9.17, 15) is 22.8 Å². The summed E-state index contributed by atoms with van der Waals surface area (Å²) < 4.78 is 32.4. The van der Waals surface area contributed by atoms with Crippen LogP contribution < -0.4 is 10.6 Å². The average Bonchev–Trinajstić information content (AvgIpc) is 3.15. The van der Waals surface area contributed by atoms with Crippen LogP contribution in [0.25, 0.3) is 0 Å². The molecule has 0 atom stereocenters. The number of nitrogens with zero attached hydrogens (tertiary/aromatic N) is 2. The highest BCUT2D eigenvalue weighted by molar-refractivity contribution is 7.89. The lowest BCUT2D eigenvalue weighted by molar-refractivity contribution is -0.117. The monoisotopic (exact) mass is 576 g/mol. The summed E-state index contributed by atoms with van der Waals surface area (Å²) in [6, 6.07) is 4.26. The normalized spacial score (nSPS) is 14.9. The van der Waals surface area contributed by atoms with Crippen molar-refractivity contribution in [2.45, 2.75) is 18.7 Å². The molecule has 0 radical (unpaired) electrons. The van der Waals surface area contributed by atoms with Crippen LogP contribution in [0, 0.1) is 6.92 Å². The Morgan fingerprint density at radius 3 is 2.42 bits per heavy atom. The Labute approximate surface area is 223 Å². The van der Waals surface area contributed by atoms with Crippen molar-refractivity contribution in [2.24, 2.45) is 0 Å². The predicted octanol–water partition coefficient (Wildman–Crippen LogP) is 2.84. The van der Waals surface area contributed by atoms with Gasteiger partial charge in [-0.05, 0) is 37.6 Å². The Morgan fingerprint density at radius 1 is 1.14 bits per heavy atom. The van der Waals surface area contributed by atoms with Crippen LogP contribution in [0.5, 0.6) is 0 Å². The number of carbonyl (C=O) groups is 3. The summed E-state index contributed by atoms with van der Waals surface area (Å²) in [5.74, 6) is -1.41. The SMILES string of the molecule is CCOC(=O)c1c(NC(=O)CN2CCN(S(=O)(=O)c3cc(Cl)ccc3Cl)CC2)sc(C(=O)NC)c1C. The maximum atomic E-state index is 13.0. The molecule has 2 aromatic rings. The van der Waals surface area contributed by atoms with Gasteiger partial charge in [-0.1, -0.05) is 23.2 Å². The quantitative estimate of drug-likeness (QED) is 0.463. The van der Waals surface area contributed by atoms with Gasteiger partial charge in [0.2, 0.25) is 15.9 Å². The molecule has 1 aromatic heterocycles. The molecular weight excluding hydrogens is 551 g/mol. The molecule has 1 aliphatic rings. The molecule has 2 heterocycles. The molecule has 36 heavy (non-hydrogen) atoms. The Kier molecular flexibility index (Phi) is 9.36. The fraction of sp³-hybridized carbons (Fsp3) is 0.409. The first-order chi connectivity index (χ1) is 17.0. The molecule has 0 saturated carbocycles. The smallest absolute Gasteiger partial charge is 0.341 e. The fourth-order valence-corrected chi connectivity index (χ4v) is 7.01. The molecule has 2 amide bonds. The Hall–Kier alpha value is -2.22. The van der Waals surface area contributed by atoms with Crippen molar-refractivity contribution in [1.29, 1.82) is 0 Å². The van der Waals surface area contributed by atoms with E-state index in [1.165, 1.54) is 29.6 Å². The van der Waals surface area contributed by atoms with Gasteiger partial charge in [0, 0.05) is 38.2 Å². The average molecular weight is 578 g/mol. The number of piperazine rings is 1. The van der Waals surface area contributed by atoms with Crippen LogP contribution >= 0.6 is 34.5 Å². The maximum Gasteiger partial charge on any atom is 0.341 e. The number of halogens is 2. The largest absolute Gasteiger partial charge is 0.462 e. The van der Waals surface area contributed by atoms with E-state index in [0.717, 1.165) is 11.3 Å². The van der Waals surface area contributed by atoms with E-state index in [2.05, 4.69) is 10.6 Å². The summed E-state index contributed by atoms with van der Waals surface area (Å²) in [6.07, 6.45) is 0. The number of rotatable bonds is 8. The van der Waals surface area contributed by atoms with Crippen molar-refractivity contribution < 1.29 is 27.5 Å². The number of anilines is 1. The predicted molar refractivity (Wildman–Crippen MR) is 139 cm³/mol. The Bertz CT molecular complexity index is 1270. The molecular formula is C22H26Cl2N4O6S2. The van der Waals surface area contributed by atoms with Gasteiger partial charge in [0.25, 0.3) is 5.91 Å². The number of ether oxygens (including phenoxy) is 1. The minimum atomic E-state index is -3.85. The van der Waals surface area contributed by atoms with E-state index >= 15 is 0 Å². The first kappa shape index (κ1) is 28.4. The van der Waals surface area contributed by atoms with Gasteiger partial charge in [0.05, 0.1) is 28.6 Å². The minimum Gasteiger partial charge on any atom is -0.462 e. The Morgan fingerprint density at radius 2 is 1.81 bits per heavy atom. The zero-order valence-electron chi connectivity index (χ0n) is 19.9. The number of hydrogen-bond donors (Lipinski definition) is 2. The molecule has 2 N–H and O–H groups in total. The molecule has 3 rings (SSSR count). The third-order valence-electron chi connectivity index (χ3n) is 5.52. The van der Waals surface area contributed by atoms with E-state index in [-0.39, 0.29) is 57.7 Å². The van der Waals surface area contributed by atoms with Crippen LogP contribution in [0.2, 0.25) is 10.0 Å². The highest BCUT2D eigenvalue weighted by Crippen LogP contribution is 2.34. The number of carbonyl (C=O) groups excluding carboxylic acids is 3. The van der Waals surface area contributed by atoms with Crippen molar-refractivity contribution in [3.63, 3.8) is 0 Å². The molecule has 0 spiro atoms. The zero-order valence-corrected chi connectivity index (χ0v) is 23.0. The number of benzene rings is 1. The minimum absolute atomic E-state index is 0.0275. The molecule has 1 aliphatic heterocycles. The van der Waals surface area contributed by atoms with E-state index in [1.54, 1.807) is 18.7 Å². The van der Waals surface area contributed by atoms with Gasteiger partial charge in [-0.15, -0.1) is 11.3 Å². The number of nitrogens with one attached hydrogen (secondary N) is 2. The van der Waals surface area contributed by atoms with Gasteiger partial charge in [-0.2, -0.15) is 4.31 Å². The van der Waals surface area contributed by atoms with Crippen molar-refractivity contribution in [1.82, 2.24) is 14.5 Å². The Balaban J connectivity index is 1.67. The summed E-state index contributed by atoms with van der Waals surface area (Å²) in [5, 5.41) is 5.80. The third-order valence-corrected chi connectivity index (χ3v) is 9.34. The van der Waals surface area contributed by atoms with Crippen LogP contribution in [-0.2, 0) is 19.6 Å². The summed E-state index contributed by atoms with van der Waals surface area (Å²) >= 11 is 13.0. The van der Waals surface area contributed by atoms with Crippen LogP contribution in [0.15, 0.2) is 23.1 Å². The summed E-state index contributed by atoms with van der Waals surface area (Å²) in [4.78, 5) is 39.5. The standard InChI is InChI=1S/C22H26Cl2N4O6S2/c1-4-34-22(31)18-13(2)19(20(30)25-3)35-21(18)26-17(29)12-27-7-9-28(10-8-27)36(32,33)16-11-14(23)5-6-15(16)24/h5-6,11H,4,7-10,12H2,1-3H3,(H,25,30)(H,26,29). The van der Waals surface area contributed by atoms with E-state index in [0.29, 0.717) is 23.5 Å². The lowest BCUT2D eigenvalue weighted by atomic mass is 10.1. The van der Waals surface area contributed by atoms with Gasteiger partial charge in [-0.3, -0.25) is 14.5 Å². The summed E-state index contributed by atoms with van der Waals surface area (Å²) in [5.41, 5.74) is 0.565. The highest BCUT2D eigenvalue weighted by atomic mass is 35.5. The molecule has 14 heteroatoms. The number of hydrogen-bond acceptors (Lipinski definition) is 8. The number of sulfonamides is 1. The second-order valence-electron chi connectivity index (χ2n) is 7.86. The maximum absolute atomic E-state index is 13.0. The van der Waals surface area contributed by atoms with Gasteiger partial charge in [-0.25, -0.2) is 13.2 Å². The van der Waals surface area contributed by atoms with Crippen LogP contribution in [-0.4, -0.2) is 81.8 Å². The molecule has 1 saturated heterocycles. The lowest BCUT2D eigenvalue weighted by Gasteiger charge is -2.33. The molecule has 0 unspecified atom stereocenters. The van der Waals surface area contributed by atoms with E-state index in [4.69, 9.17) is 27.9 Å². The molecule has 1 aromatic carbocycles. The topological polar surface area (TPSA) is 125 Å². The van der Waals surface area contributed by atoms with Gasteiger partial charge >= 0.3 is 5.97 Å². The molecule has 0 bridgehead atoms. The van der Waals surface area contributed by atoms with E-state index in [1.807, 2.05) is 0 Å². The van der Waals surface area contributed by atoms with Gasteiger partial charge < -0.3 is 15.4 Å². The molecule has 0 aliphatic carbocycles. The molecule has 1 fully saturated rings. The number of esters is 1. The first-order valence-electron chi connectivity index (χ1n) is 11.0. The van der Waals surface area contributed by atoms with Crippen molar-refractivity contribution in [2.75, 3.05) is 51.7 Å². The van der Waals surface area contributed by atoms with Crippen molar-refractivity contribution in [3.05, 3.63) is 44.2 Å². The zero-order chi connectivity index (χ0) is 26.6. The van der Waals surface area contributed by atoms with Crippen LogP contribution in [0.3, 0.4) is 0 Å². The van der Waals surface area contributed by atoms with Gasteiger partial charge in [0.15, 0.2) is 0 Å². The second kappa shape index (κ2) is 11.9. The number of thiophene rings is 1. The van der Waals surface area contributed by atoms with E-state index < -0.39 is 21.9 Å². The molecule has 196 valence electrons. The lowest BCUT2D eigenvalue weighted by Crippen LogP contribution is -2.50. The summed E-state index contributed by atoms with van der Waals surface area (Å²) in [6.45, 7) is 4.33. The van der Waals surface area contributed by atoms with Crippen molar-refractivity contribution in [3.8, 4) is 0 Å². The first-order valence-corrected chi connectivity index (χ1v) is 14.0. The number of amides is 2. The van der Waals surface area contributed by atoms with Crippen LogP contribution in [0.1, 0.15) is 32.5 Å². The van der Waals surface area contributed by atoms with Gasteiger partial charge in [0.1, 0.15) is 9.90 Å². The third kappa shape index (κ3) is 6.18. The molecule has 10 nitrogen and oxygen atoms in total. The van der Waals surface area contributed by atoms with Crippen LogP contribution in [0.4, 0.5) is 5.00 Å². The fourth-order valence-electron chi connectivity index (χ4n) is 3.69.